The molecular formula is C21H12Cl2F2N2O3. The van der Waals surface area contributed by atoms with Gasteiger partial charge in [-0.3, -0.25) is 4.79 Å². The number of amides is 1. The minimum Gasteiger partial charge on any atom is -0.496 e. The Morgan fingerprint density at radius 2 is 1.83 bits per heavy atom. The molecule has 1 amide bonds. The molecule has 0 saturated heterocycles. The Balaban J connectivity index is 1.66. The molecule has 0 saturated carbocycles. The lowest BCUT2D eigenvalue weighted by atomic mass is 10.1. The van der Waals surface area contributed by atoms with E-state index in [-0.39, 0.29) is 22.0 Å². The van der Waals surface area contributed by atoms with Crippen LogP contribution < -0.4 is 10.1 Å². The van der Waals surface area contributed by atoms with Gasteiger partial charge in [0.2, 0.25) is 5.89 Å². The van der Waals surface area contributed by atoms with Gasteiger partial charge in [0.25, 0.3) is 5.91 Å². The van der Waals surface area contributed by atoms with Crippen molar-refractivity contribution in [1.82, 2.24) is 4.98 Å². The van der Waals surface area contributed by atoms with Crippen LogP contribution in [0.1, 0.15) is 10.4 Å². The highest BCUT2D eigenvalue weighted by Gasteiger charge is 2.17. The normalized spacial score (nSPS) is 11.0. The van der Waals surface area contributed by atoms with E-state index in [1.54, 1.807) is 30.3 Å². The molecule has 0 aliphatic heterocycles. The molecule has 3 aromatic carbocycles. The number of nitrogens with one attached hydrogen (secondary N) is 1. The molecule has 0 bridgehead atoms. The van der Waals surface area contributed by atoms with Crippen molar-refractivity contribution in [3.63, 3.8) is 0 Å². The van der Waals surface area contributed by atoms with Crippen LogP contribution in [0.25, 0.3) is 22.6 Å². The summed E-state index contributed by atoms with van der Waals surface area (Å²) in [5.41, 5.74) is 1.58. The van der Waals surface area contributed by atoms with Crippen molar-refractivity contribution in [2.45, 2.75) is 0 Å². The number of hydrogen-bond donors (Lipinski definition) is 1. The first-order valence-corrected chi connectivity index (χ1v) is 9.31. The number of anilines is 1. The third-order valence-electron chi connectivity index (χ3n) is 4.29. The molecule has 0 aliphatic carbocycles. The molecule has 30 heavy (non-hydrogen) atoms. The number of ether oxygens (including phenoxy) is 1. The van der Waals surface area contributed by atoms with Gasteiger partial charge in [-0.25, -0.2) is 13.8 Å². The molecule has 9 heteroatoms. The van der Waals surface area contributed by atoms with Gasteiger partial charge in [0.05, 0.1) is 23.3 Å². The molecule has 1 aromatic heterocycles. The number of aromatic nitrogens is 1. The average molecular weight is 449 g/mol. The summed E-state index contributed by atoms with van der Waals surface area (Å²) >= 11 is 12.0. The maximum atomic E-state index is 13.6. The van der Waals surface area contributed by atoms with Gasteiger partial charge in [-0.1, -0.05) is 23.2 Å². The number of benzene rings is 3. The first-order chi connectivity index (χ1) is 14.4. The largest absolute Gasteiger partial charge is 0.496 e. The fourth-order valence-electron chi connectivity index (χ4n) is 2.86. The molecule has 1 N–H and O–H groups in total. The SMILES string of the molecule is COc1ccc(Cl)cc1C(=O)Nc1ccc2oc(-c3cc(F)c(F)cc3Cl)nc2c1. The van der Waals surface area contributed by atoms with E-state index in [0.717, 1.165) is 12.1 Å². The zero-order valence-electron chi connectivity index (χ0n) is 15.3. The Morgan fingerprint density at radius 1 is 1.07 bits per heavy atom. The number of hydrogen-bond acceptors (Lipinski definition) is 4. The smallest absolute Gasteiger partial charge is 0.259 e. The van der Waals surface area contributed by atoms with Gasteiger partial charge in [0.15, 0.2) is 17.2 Å². The van der Waals surface area contributed by atoms with Gasteiger partial charge >= 0.3 is 0 Å². The first kappa shape index (κ1) is 20.1. The number of rotatable bonds is 4. The Hall–Kier alpha value is -3.16. The first-order valence-electron chi connectivity index (χ1n) is 8.56. The topological polar surface area (TPSA) is 64.4 Å². The van der Waals surface area contributed by atoms with E-state index in [4.69, 9.17) is 32.4 Å². The van der Waals surface area contributed by atoms with E-state index in [1.165, 1.54) is 13.2 Å². The monoisotopic (exact) mass is 448 g/mol. The Morgan fingerprint density at radius 3 is 2.60 bits per heavy atom. The van der Waals surface area contributed by atoms with Crippen molar-refractivity contribution >= 4 is 45.9 Å². The molecule has 0 radical (unpaired) electrons. The lowest BCUT2D eigenvalue weighted by molar-refractivity contribution is 0.102. The van der Waals surface area contributed by atoms with Crippen LogP contribution in [0.3, 0.4) is 0 Å². The number of oxazole rings is 1. The maximum Gasteiger partial charge on any atom is 0.259 e. The molecule has 0 unspecified atom stereocenters. The summed E-state index contributed by atoms with van der Waals surface area (Å²) in [6.45, 7) is 0. The summed E-state index contributed by atoms with van der Waals surface area (Å²) in [7, 11) is 1.45. The van der Waals surface area contributed by atoms with Crippen LogP contribution >= 0.6 is 23.2 Å². The van der Waals surface area contributed by atoms with Crippen LogP contribution in [0, 0.1) is 11.6 Å². The number of nitrogens with zero attached hydrogens (tertiary/aromatic N) is 1. The molecule has 5 nitrogen and oxygen atoms in total. The summed E-state index contributed by atoms with van der Waals surface area (Å²) in [4.78, 5) is 16.9. The molecule has 0 atom stereocenters. The minimum absolute atomic E-state index is 0.0221. The predicted molar refractivity (Wildman–Crippen MR) is 110 cm³/mol. The van der Waals surface area contributed by atoms with Gasteiger partial charge in [-0.15, -0.1) is 0 Å². The Kier molecular flexibility index (Phi) is 5.32. The van der Waals surface area contributed by atoms with Gasteiger partial charge in [-0.05, 0) is 48.5 Å². The fraction of sp³-hybridized carbons (Fsp3) is 0.0476. The van der Waals surface area contributed by atoms with Crippen LogP contribution in [0.15, 0.2) is 52.9 Å². The second-order valence-corrected chi connectivity index (χ2v) is 7.09. The van der Waals surface area contributed by atoms with E-state index in [1.807, 2.05) is 0 Å². The Labute approximate surface area is 179 Å². The van der Waals surface area contributed by atoms with Crippen molar-refractivity contribution in [3.8, 4) is 17.2 Å². The number of fused-ring (bicyclic) bond motifs is 1. The maximum absolute atomic E-state index is 13.6. The quantitative estimate of drug-likeness (QED) is 0.370. The summed E-state index contributed by atoms with van der Waals surface area (Å²) in [5.74, 6) is -2.17. The predicted octanol–water partition coefficient (Wildman–Crippen LogP) is 6.34. The second-order valence-electron chi connectivity index (χ2n) is 6.25. The highest BCUT2D eigenvalue weighted by molar-refractivity contribution is 6.33. The van der Waals surface area contributed by atoms with Crippen molar-refractivity contribution in [2.24, 2.45) is 0 Å². The molecule has 4 rings (SSSR count). The number of methoxy groups -OCH3 is 1. The standard InChI is InChI=1S/C21H12Cl2F2N2O3/c1-29-18-4-2-10(22)6-13(18)20(28)26-11-3-5-19-17(7-11)27-21(30-19)12-8-15(24)16(25)9-14(12)23/h2-9H,1H3,(H,26,28). The zero-order chi connectivity index (χ0) is 21.4. The number of carbonyl (C=O) groups excluding carboxylic acids is 1. The van der Waals surface area contributed by atoms with E-state index >= 15 is 0 Å². The molecular weight excluding hydrogens is 437 g/mol. The van der Waals surface area contributed by atoms with Crippen LogP contribution in [-0.2, 0) is 0 Å². The van der Waals surface area contributed by atoms with E-state index < -0.39 is 17.5 Å². The van der Waals surface area contributed by atoms with Gasteiger partial charge in [0, 0.05) is 10.7 Å². The average Bonchev–Trinajstić information content (AvgIpc) is 3.13. The third kappa shape index (κ3) is 3.81. The molecule has 0 aliphatic rings. The van der Waals surface area contributed by atoms with Crippen LogP contribution in [0.2, 0.25) is 10.0 Å². The molecule has 152 valence electrons. The summed E-state index contributed by atoms with van der Waals surface area (Å²) in [5, 5.41) is 3.08. The zero-order valence-corrected chi connectivity index (χ0v) is 16.8. The highest BCUT2D eigenvalue weighted by atomic mass is 35.5. The minimum atomic E-state index is -1.07. The molecule has 4 aromatic rings. The number of halogens is 4. The highest BCUT2D eigenvalue weighted by Crippen LogP contribution is 2.32. The van der Waals surface area contributed by atoms with Gasteiger partial charge in [0.1, 0.15) is 11.3 Å². The van der Waals surface area contributed by atoms with Gasteiger partial charge < -0.3 is 14.5 Å². The van der Waals surface area contributed by atoms with Crippen molar-refractivity contribution in [2.75, 3.05) is 12.4 Å². The van der Waals surface area contributed by atoms with Crippen molar-refractivity contribution in [3.05, 3.63) is 75.8 Å². The Bertz CT molecular complexity index is 1290. The second kappa shape index (κ2) is 7.93. The van der Waals surface area contributed by atoms with E-state index in [2.05, 4.69) is 10.3 Å². The van der Waals surface area contributed by atoms with Crippen molar-refractivity contribution in [1.29, 1.82) is 0 Å². The van der Waals surface area contributed by atoms with Crippen LogP contribution in [-0.4, -0.2) is 18.0 Å². The lowest BCUT2D eigenvalue weighted by Crippen LogP contribution is -2.13. The lowest BCUT2D eigenvalue weighted by Gasteiger charge is -2.09. The van der Waals surface area contributed by atoms with E-state index in [0.29, 0.717) is 27.6 Å². The van der Waals surface area contributed by atoms with Crippen molar-refractivity contribution < 1.29 is 22.7 Å². The van der Waals surface area contributed by atoms with Crippen LogP contribution in [0.5, 0.6) is 5.75 Å². The summed E-state index contributed by atoms with van der Waals surface area (Å²) in [6, 6.07) is 11.2. The van der Waals surface area contributed by atoms with E-state index in [9.17, 15) is 13.6 Å². The molecule has 1 heterocycles. The van der Waals surface area contributed by atoms with Gasteiger partial charge in [-0.2, -0.15) is 0 Å². The number of carbonyl (C=O) groups is 1. The molecule has 0 fully saturated rings. The summed E-state index contributed by atoms with van der Waals surface area (Å²) in [6.07, 6.45) is 0. The fourth-order valence-corrected chi connectivity index (χ4v) is 3.27. The summed E-state index contributed by atoms with van der Waals surface area (Å²) < 4.78 is 37.7. The third-order valence-corrected chi connectivity index (χ3v) is 4.84. The molecule has 0 spiro atoms. The van der Waals surface area contributed by atoms with Crippen LogP contribution in [0.4, 0.5) is 14.5 Å².